The van der Waals surface area contributed by atoms with Gasteiger partial charge in [-0.3, -0.25) is 0 Å². The van der Waals surface area contributed by atoms with Gasteiger partial charge in [-0.05, 0) is 51.7 Å². The van der Waals surface area contributed by atoms with Crippen molar-refractivity contribution in [1.82, 2.24) is 14.5 Å². The highest BCUT2D eigenvalue weighted by Gasteiger charge is 2.28. The first-order valence-electron chi connectivity index (χ1n) is 9.09. The molecule has 0 aromatic carbocycles. The van der Waals surface area contributed by atoms with Crippen LogP contribution >= 0.6 is 0 Å². The van der Waals surface area contributed by atoms with Crippen molar-refractivity contribution in [2.24, 2.45) is 0 Å². The fraction of sp³-hybridized carbons (Fsp3) is 0.579. The number of fused-ring (bicyclic) bond motifs is 1. The van der Waals surface area contributed by atoms with Gasteiger partial charge in [-0.15, -0.1) is 0 Å². The summed E-state index contributed by atoms with van der Waals surface area (Å²) in [6.07, 6.45) is 2.27. The molecule has 1 fully saturated rings. The number of aromatic nitrogens is 2. The summed E-state index contributed by atoms with van der Waals surface area (Å²) < 4.78 is 36.7. The zero-order valence-corrected chi connectivity index (χ0v) is 15.8. The molecule has 0 unspecified atom stereocenters. The van der Waals surface area contributed by atoms with Gasteiger partial charge in [0.25, 0.3) is 6.43 Å². The van der Waals surface area contributed by atoms with Crippen molar-refractivity contribution in [3.8, 4) is 5.75 Å². The number of piperidine rings is 1. The van der Waals surface area contributed by atoms with Crippen molar-refractivity contribution < 1.29 is 23.0 Å². The number of carbonyl (C=O) groups is 1. The number of alkyl halides is 2. The lowest BCUT2D eigenvalue weighted by Gasteiger charge is -2.33. The molecule has 27 heavy (non-hydrogen) atoms. The monoisotopic (exact) mass is 381 g/mol. The topological polar surface area (TPSA) is 56.1 Å². The number of carbonyl (C=O) groups excluding carboxylic acids is 1. The van der Waals surface area contributed by atoms with E-state index in [-0.39, 0.29) is 12.0 Å². The number of amides is 1. The molecule has 1 aliphatic heterocycles. The number of ether oxygens (including phenoxy) is 2. The standard InChI is InChI=1S/C19H25F2N3O3/c1-19(2,3)27-18(25)23-8-6-13(7-9-23)15-10-22-24-11-14(4-5-16(15)24)26-12-17(20)21/h4-5,10-11,13,17H,6-9,12H2,1-3H3. The number of hydrogen-bond acceptors (Lipinski definition) is 4. The molecule has 0 atom stereocenters. The van der Waals surface area contributed by atoms with E-state index in [0.717, 1.165) is 23.9 Å². The lowest BCUT2D eigenvalue weighted by molar-refractivity contribution is 0.0205. The fourth-order valence-electron chi connectivity index (χ4n) is 3.24. The molecular weight excluding hydrogens is 356 g/mol. The van der Waals surface area contributed by atoms with Crippen LogP contribution in [0.15, 0.2) is 24.5 Å². The first-order valence-corrected chi connectivity index (χ1v) is 9.09. The quantitative estimate of drug-likeness (QED) is 0.800. The number of rotatable bonds is 4. The van der Waals surface area contributed by atoms with E-state index < -0.39 is 18.6 Å². The Hall–Kier alpha value is -2.38. The van der Waals surface area contributed by atoms with Crippen LogP contribution in [0.2, 0.25) is 0 Å². The Morgan fingerprint density at radius 1 is 1.30 bits per heavy atom. The van der Waals surface area contributed by atoms with E-state index in [4.69, 9.17) is 9.47 Å². The summed E-state index contributed by atoms with van der Waals surface area (Å²) in [5.41, 5.74) is 1.52. The van der Waals surface area contributed by atoms with Crippen LogP contribution in [0.25, 0.3) is 5.52 Å². The zero-order chi connectivity index (χ0) is 19.6. The Morgan fingerprint density at radius 3 is 2.63 bits per heavy atom. The van der Waals surface area contributed by atoms with Crippen LogP contribution < -0.4 is 4.74 Å². The Balaban J connectivity index is 1.64. The maximum absolute atomic E-state index is 12.3. The summed E-state index contributed by atoms with van der Waals surface area (Å²) in [6, 6.07) is 3.52. The van der Waals surface area contributed by atoms with Gasteiger partial charge in [0.05, 0.1) is 17.9 Å². The maximum Gasteiger partial charge on any atom is 0.410 e. The Bertz CT molecular complexity index is 793. The van der Waals surface area contributed by atoms with Crippen LogP contribution in [0.4, 0.5) is 13.6 Å². The Labute approximate surface area is 157 Å². The van der Waals surface area contributed by atoms with E-state index in [2.05, 4.69) is 5.10 Å². The van der Waals surface area contributed by atoms with Gasteiger partial charge in [-0.1, -0.05) is 0 Å². The molecule has 1 amide bonds. The van der Waals surface area contributed by atoms with E-state index in [0.29, 0.717) is 18.8 Å². The van der Waals surface area contributed by atoms with Crippen LogP contribution in [0, 0.1) is 0 Å². The van der Waals surface area contributed by atoms with Crippen LogP contribution in [0.3, 0.4) is 0 Å². The molecule has 1 saturated heterocycles. The van der Waals surface area contributed by atoms with E-state index in [9.17, 15) is 13.6 Å². The summed E-state index contributed by atoms with van der Waals surface area (Å²) >= 11 is 0. The number of nitrogens with zero attached hydrogens (tertiary/aromatic N) is 3. The molecule has 3 heterocycles. The molecule has 3 rings (SSSR count). The third-order valence-electron chi connectivity index (χ3n) is 4.48. The van der Waals surface area contributed by atoms with E-state index in [1.807, 2.05) is 26.8 Å². The highest BCUT2D eigenvalue weighted by molar-refractivity contribution is 5.68. The third-order valence-corrected chi connectivity index (χ3v) is 4.48. The maximum atomic E-state index is 12.3. The summed E-state index contributed by atoms with van der Waals surface area (Å²) in [7, 11) is 0. The van der Waals surface area contributed by atoms with Gasteiger partial charge < -0.3 is 14.4 Å². The van der Waals surface area contributed by atoms with Gasteiger partial charge in [0.1, 0.15) is 18.0 Å². The molecule has 148 valence electrons. The normalized spacial score (nSPS) is 16.1. The number of hydrogen-bond donors (Lipinski definition) is 0. The molecule has 8 heteroatoms. The van der Waals surface area contributed by atoms with Gasteiger partial charge in [-0.2, -0.15) is 5.10 Å². The third kappa shape index (κ3) is 4.87. The van der Waals surface area contributed by atoms with Crippen molar-refractivity contribution in [3.05, 3.63) is 30.1 Å². The van der Waals surface area contributed by atoms with E-state index in [1.165, 1.54) is 0 Å². The second-order valence-electron chi connectivity index (χ2n) is 7.74. The molecule has 0 bridgehead atoms. The molecule has 6 nitrogen and oxygen atoms in total. The van der Waals surface area contributed by atoms with Gasteiger partial charge in [0.2, 0.25) is 0 Å². The molecule has 2 aromatic heterocycles. The van der Waals surface area contributed by atoms with Crippen molar-refractivity contribution in [2.45, 2.75) is 51.6 Å². The molecule has 0 spiro atoms. The summed E-state index contributed by atoms with van der Waals surface area (Å²) in [4.78, 5) is 13.9. The minimum absolute atomic E-state index is 0.276. The van der Waals surface area contributed by atoms with E-state index in [1.54, 1.807) is 27.9 Å². The number of likely N-dealkylation sites (tertiary alicyclic amines) is 1. The average Bonchev–Trinajstić information content (AvgIpc) is 3.01. The van der Waals surface area contributed by atoms with Crippen LogP contribution in [-0.2, 0) is 4.74 Å². The Morgan fingerprint density at radius 2 is 2.00 bits per heavy atom. The summed E-state index contributed by atoms with van der Waals surface area (Å²) in [5, 5.41) is 4.33. The summed E-state index contributed by atoms with van der Waals surface area (Å²) in [5.74, 6) is 0.645. The molecule has 2 aromatic rings. The zero-order valence-electron chi connectivity index (χ0n) is 15.8. The van der Waals surface area contributed by atoms with Crippen LogP contribution in [-0.4, -0.2) is 52.3 Å². The molecular formula is C19H25F2N3O3. The van der Waals surface area contributed by atoms with Crippen molar-refractivity contribution in [3.63, 3.8) is 0 Å². The van der Waals surface area contributed by atoms with Gasteiger partial charge >= 0.3 is 6.09 Å². The second kappa shape index (κ2) is 7.70. The molecule has 0 saturated carbocycles. The lowest BCUT2D eigenvalue weighted by Crippen LogP contribution is -2.41. The first-order chi connectivity index (χ1) is 12.7. The van der Waals surface area contributed by atoms with Crippen LogP contribution in [0.1, 0.15) is 45.1 Å². The first kappa shape index (κ1) is 19.4. The van der Waals surface area contributed by atoms with Gasteiger partial charge in [0, 0.05) is 18.7 Å². The van der Waals surface area contributed by atoms with Crippen molar-refractivity contribution in [1.29, 1.82) is 0 Å². The largest absolute Gasteiger partial charge is 0.486 e. The second-order valence-corrected chi connectivity index (χ2v) is 7.74. The predicted molar refractivity (Wildman–Crippen MR) is 96.5 cm³/mol. The smallest absolute Gasteiger partial charge is 0.410 e. The minimum Gasteiger partial charge on any atom is -0.486 e. The van der Waals surface area contributed by atoms with Gasteiger partial charge in [0.15, 0.2) is 0 Å². The predicted octanol–water partition coefficient (Wildman–Crippen LogP) is 4.09. The highest BCUT2D eigenvalue weighted by Crippen LogP contribution is 2.32. The molecule has 1 aliphatic rings. The lowest BCUT2D eigenvalue weighted by atomic mass is 9.90. The fourth-order valence-corrected chi connectivity index (χ4v) is 3.24. The average molecular weight is 381 g/mol. The van der Waals surface area contributed by atoms with Gasteiger partial charge in [-0.25, -0.2) is 18.1 Å². The SMILES string of the molecule is CC(C)(C)OC(=O)N1CCC(c2cnn3cc(OCC(F)F)ccc23)CC1. The van der Waals surface area contributed by atoms with Crippen molar-refractivity contribution in [2.75, 3.05) is 19.7 Å². The van der Waals surface area contributed by atoms with E-state index >= 15 is 0 Å². The molecule has 0 N–H and O–H groups in total. The number of pyridine rings is 1. The molecule has 0 aliphatic carbocycles. The van der Waals surface area contributed by atoms with Crippen molar-refractivity contribution >= 4 is 11.6 Å². The highest BCUT2D eigenvalue weighted by atomic mass is 19.3. The molecule has 0 radical (unpaired) electrons. The minimum atomic E-state index is -2.51. The van der Waals surface area contributed by atoms with Crippen LogP contribution in [0.5, 0.6) is 5.75 Å². The summed E-state index contributed by atoms with van der Waals surface area (Å²) in [6.45, 7) is 6.20. The number of halogens is 2. The Kier molecular flexibility index (Phi) is 5.53.